The van der Waals surface area contributed by atoms with Gasteiger partial charge in [-0.15, -0.1) is 0 Å². The molecule has 2 rings (SSSR count). The summed E-state index contributed by atoms with van der Waals surface area (Å²) < 4.78 is 36.6. The topological polar surface area (TPSA) is 93.1 Å². The van der Waals surface area contributed by atoms with Crippen molar-refractivity contribution in [2.45, 2.75) is 17.9 Å². The number of carboxylic acid groups (broad SMARTS) is 1. The number of carboxylic acids is 1. The SMILES string of the molecule is C[C@H]1CN(S(=O)(=O)c2ccc(OCC(=O)O)cc2)CCO1. The standard InChI is InChI=1S/C13H17NO6S/c1-10-8-14(6-7-19-10)21(17,18)12-4-2-11(3-5-12)20-9-13(15)16/h2-5,10H,6-9H2,1H3,(H,15,16)/t10-/m0/s1. The second-order valence-corrected chi connectivity index (χ2v) is 6.64. The zero-order valence-corrected chi connectivity index (χ0v) is 12.4. The van der Waals surface area contributed by atoms with Crippen LogP contribution >= 0.6 is 0 Å². The highest BCUT2D eigenvalue weighted by Gasteiger charge is 2.28. The van der Waals surface area contributed by atoms with Crippen LogP contribution in [0.5, 0.6) is 5.75 Å². The van der Waals surface area contributed by atoms with Gasteiger partial charge in [-0.3, -0.25) is 0 Å². The van der Waals surface area contributed by atoms with E-state index in [1.165, 1.54) is 28.6 Å². The molecule has 1 atom stereocenters. The molecule has 1 fully saturated rings. The van der Waals surface area contributed by atoms with Crippen molar-refractivity contribution in [3.05, 3.63) is 24.3 Å². The number of carbonyl (C=O) groups is 1. The Morgan fingerprint density at radius 1 is 1.43 bits per heavy atom. The van der Waals surface area contributed by atoms with Crippen LogP contribution in [-0.4, -0.2) is 56.2 Å². The average molecular weight is 315 g/mol. The number of sulfonamides is 1. The van der Waals surface area contributed by atoms with Crippen LogP contribution < -0.4 is 4.74 Å². The third-order valence-corrected chi connectivity index (χ3v) is 4.91. The highest BCUT2D eigenvalue weighted by molar-refractivity contribution is 7.89. The highest BCUT2D eigenvalue weighted by atomic mass is 32.2. The maximum atomic E-state index is 12.4. The molecule has 1 N–H and O–H groups in total. The lowest BCUT2D eigenvalue weighted by Crippen LogP contribution is -2.44. The van der Waals surface area contributed by atoms with Crippen LogP contribution in [0.4, 0.5) is 0 Å². The van der Waals surface area contributed by atoms with Gasteiger partial charge in [-0.25, -0.2) is 13.2 Å². The van der Waals surface area contributed by atoms with Gasteiger partial charge in [-0.1, -0.05) is 0 Å². The van der Waals surface area contributed by atoms with Crippen LogP contribution in [0.15, 0.2) is 29.2 Å². The van der Waals surface area contributed by atoms with Gasteiger partial charge in [-0.05, 0) is 31.2 Å². The van der Waals surface area contributed by atoms with Gasteiger partial charge >= 0.3 is 5.97 Å². The summed E-state index contributed by atoms with van der Waals surface area (Å²) in [5.41, 5.74) is 0. The number of ether oxygens (including phenoxy) is 2. The van der Waals surface area contributed by atoms with Crippen molar-refractivity contribution in [3.8, 4) is 5.75 Å². The summed E-state index contributed by atoms with van der Waals surface area (Å²) in [5, 5.41) is 8.51. The number of benzene rings is 1. The molecule has 1 aliphatic rings. The summed E-state index contributed by atoms with van der Waals surface area (Å²) in [6.07, 6.45) is -0.133. The Hall–Kier alpha value is -1.64. The number of hydrogen-bond acceptors (Lipinski definition) is 5. The maximum absolute atomic E-state index is 12.4. The summed E-state index contributed by atoms with van der Waals surface area (Å²) in [6, 6.07) is 5.71. The second kappa shape index (κ2) is 6.42. The molecule has 0 saturated carbocycles. The Morgan fingerprint density at radius 2 is 2.10 bits per heavy atom. The highest BCUT2D eigenvalue weighted by Crippen LogP contribution is 2.21. The van der Waals surface area contributed by atoms with E-state index in [9.17, 15) is 13.2 Å². The van der Waals surface area contributed by atoms with Gasteiger partial charge in [0, 0.05) is 13.1 Å². The van der Waals surface area contributed by atoms with Crippen LogP contribution in [0.1, 0.15) is 6.92 Å². The quantitative estimate of drug-likeness (QED) is 0.853. The van der Waals surface area contributed by atoms with Crippen LogP contribution in [0.25, 0.3) is 0 Å². The van der Waals surface area contributed by atoms with Crippen molar-refractivity contribution in [1.82, 2.24) is 4.31 Å². The molecule has 7 nitrogen and oxygen atoms in total. The molecule has 116 valence electrons. The Labute approximate surface area is 123 Å². The van der Waals surface area contributed by atoms with Gasteiger partial charge in [0.05, 0.1) is 17.6 Å². The molecule has 1 saturated heterocycles. The Morgan fingerprint density at radius 3 is 2.67 bits per heavy atom. The summed E-state index contributed by atoms with van der Waals surface area (Å²) in [4.78, 5) is 10.5. The molecule has 1 aliphatic heterocycles. The average Bonchev–Trinajstić information content (AvgIpc) is 2.45. The molecule has 8 heteroatoms. The van der Waals surface area contributed by atoms with E-state index in [1.54, 1.807) is 0 Å². The molecule has 1 heterocycles. The monoisotopic (exact) mass is 315 g/mol. The van der Waals surface area contributed by atoms with Crippen molar-refractivity contribution in [2.24, 2.45) is 0 Å². The third-order valence-electron chi connectivity index (χ3n) is 3.03. The van der Waals surface area contributed by atoms with E-state index in [2.05, 4.69) is 0 Å². The fourth-order valence-corrected chi connectivity index (χ4v) is 3.51. The summed E-state index contributed by atoms with van der Waals surface area (Å²) in [7, 11) is -3.56. The normalized spacial score (nSPS) is 20.1. The largest absolute Gasteiger partial charge is 0.482 e. The van der Waals surface area contributed by atoms with Crippen molar-refractivity contribution in [2.75, 3.05) is 26.3 Å². The molecular formula is C13H17NO6S. The number of hydrogen-bond donors (Lipinski definition) is 1. The van der Waals surface area contributed by atoms with Crippen LogP contribution in [0.2, 0.25) is 0 Å². The first-order valence-corrected chi connectivity index (χ1v) is 7.90. The predicted octanol–water partition coefficient (Wildman–Crippen LogP) is 0.559. The van der Waals surface area contributed by atoms with Gasteiger partial charge < -0.3 is 14.6 Å². The molecule has 0 spiro atoms. The van der Waals surface area contributed by atoms with Crippen LogP contribution in [0.3, 0.4) is 0 Å². The molecule has 0 amide bonds. The van der Waals surface area contributed by atoms with E-state index in [1.807, 2.05) is 6.92 Å². The zero-order valence-electron chi connectivity index (χ0n) is 11.6. The number of morpholine rings is 1. The van der Waals surface area contributed by atoms with Crippen molar-refractivity contribution in [1.29, 1.82) is 0 Å². The van der Waals surface area contributed by atoms with E-state index < -0.39 is 22.6 Å². The number of nitrogens with zero attached hydrogens (tertiary/aromatic N) is 1. The van der Waals surface area contributed by atoms with E-state index in [0.29, 0.717) is 25.4 Å². The first kappa shape index (κ1) is 15.7. The Bertz CT molecular complexity index is 598. The van der Waals surface area contributed by atoms with Crippen molar-refractivity contribution in [3.63, 3.8) is 0 Å². The second-order valence-electron chi connectivity index (χ2n) is 4.70. The smallest absolute Gasteiger partial charge is 0.341 e. The van der Waals surface area contributed by atoms with Gasteiger partial charge in [-0.2, -0.15) is 4.31 Å². The molecule has 0 bridgehead atoms. The molecule has 0 aliphatic carbocycles. The molecule has 0 radical (unpaired) electrons. The summed E-state index contributed by atoms with van der Waals surface area (Å²) in [5.74, 6) is -0.777. The van der Waals surface area contributed by atoms with E-state index in [-0.39, 0.29) is 11.0 Å². The summed E-state index contributed by atoms with van der Waals surface area (Å²) in [6.45, 7) is 2.38. The lowest BCUT2D eigenvalue weighted by Gasteiger charge is -2.30. The minimum atomic E-state index is -3.56. The van der Waals surface area contributed by atoms with Gasteiger partial charge in [0.1, 0.15) is 5.75 Å². The molecular weight excluding hydrogens is 298 g/mol. The first-order valence-electron chi connectivity index (χ1n) is 6.46. The fourth-order valence-electron chi connectivity index (χ4n) is 2.01. The van der Waals surface area contributed by atoms with Crippen molar-refractivity contribution < 1.29 is 27.8 Å². The zero-order chi connectivity index (χ0) is 15.5. The van der Waals surface area contributed by atoms with E-state index in [4.69, 9.17) is 14.6 Å². The third kappa shape index (κ3) is 3.93. The van der Waals surface area contributed by atoms with Gasteiger partial charge in [0.25, 0.3) is 0 Å². The van der Waals surface area contributed by atoms with Gasteiger partial charge in [0.15, 0.2) is 6.61 Å². The maximum Gasteiger partial charge on any atom is 0.341 e. The number of aliphatic carboxylic acids is 1. The molecule has 21 heavy (non-hydrogen) atoms. The van der Waals surface area contributed by atoms with Crippen LogP contribution in [0, 0.1) is 0 Å². The molecule has 1 aromatic carbocycles. The molecule has 1 aromatic rings. The number of rotatable bonds is 5. The minimum absolute atomic E-state index is 0.133. The van der Waals surface area contributed by atoms with Crippen LogP contribution in [-0.2, 0) is 19.6 Å². The Kier molecular flexibility index (Phi) is 4.81. The lowest BCUT2D eigenvalue weighted by atomic mass is 10.3. The lowest BCUT2D eigenvalue weighted by molar-refractivity contribution is -0.139. The first-order chi connectivity index (χ1) is 9.89. The Balaban J connectivity index is 2.11. The van der Waals surface area contributed by atoms with Crippen molar-refractivity contribution >= 4 is 16.0 Å². The fraction of sp³-hybridized carbons (Fsp3) is 0.462. The summed E-state index contributed by atoms with van der Waals surface area (Å²) >= 11 is 0. The predicted molar refractivity (Wildman–Crippen MR) is 73.7 cm³/mol. The van der Waals surface area contributed by atoms with E-state index in [0.717, 1.165) is 0 Å². The van der Waals surface area contributed by atoms with Gasteiger partial charge in [0.2, 0.25) is 10.0 Å². The molecule has 0 unspecified atom stereocenters. The minimum Gasteiger partial charge on any atom is -0.482 e. The van der Waals surface area contributed by atoms with E-state index >= 15 is 0 Å². The molecule has 0 aromatic heterocycles.